The highest BCUT2D eigenvalue weighted by Crippen LogP contribution is 2.19. The van der Waals surface area contributed by atoms with E-state index in [0.717, 1.165) is 33.2 Å². The van der Waals surface area contributed by atoms with E-state index >= 15 is 0 Å². The topological polar surface area (TPSA) is 49.3 Å². The van der Waals surface area contributed by atoms with Gasteiger partial charge in [-0.2, -0.15) is 0 Å². The van der Waals surface area contributed by atoms with E-state index in [2.05, 4.69) is 5.32 Å². The van der Waals surface area contributed by atoms with Gasteiger partial charge in [-0.1, -0.05) is 42.5 Å². The Bertz CT molecular complexity index is 913. The van der Waals surface area contributed by atoms with Gasteiger partial charge < -0.3 is 10.4 Å². The van der Waals surface area contributed by atoms with Crippen molar-refractivity contribution in [1.29, 1.82) is 0 Å². The Morgan fingerprint density at radius 2 is 1.79 bits per heavy atom. The Labute approximate surface area is 141 Å². The van der Waals surface area contributed by atoms with Gasteiger partial charge >= 0.3 is 0 Å². The number of rotatable bonds is 4. The molecule has 0 spiro atoms. The molecule has 3 nitrogen and oxygen atoms in total. The second kappa shape index (κ2) is 7.11. The predicted molar refractivity (Wildman–Crippen MR) is 98.7 cm³/mol. The number of hydrogen-bond acceptors (Lipinski definition) is 2. The van der Waals surface area contributed by atoms with Crippen molar-refractivity contribution in [2.45, 2.75) is 13.5 Å². The van der Waals surface area contributed by atoms with Gasteiger partial charge in [0.15, 0.2) is 0 Å². The van der Waals surface area contributed by atoms with Crippen molar-refractivity contribution in [3.05, 3.63) is 83.4 Å². The quantitative estimate of drug-likeness (QED) is 0.705. The van der Waals surface area contributed by atoms with Crippen LogP contribution >= 0.6 is 0 Å². The molecule has 0 aromatic heterocycles. The van der Waals surface area contributed by atoms with E-state index in [1.807, 2.05) is 67.6 Å². The van der Waals surface area contributed by atoms with Crippen LogP contribution in [0.25, 0.3) is 16.8 Å². The minimum atomic E-state index is -0.153. The molecule has 1 amide bonds. The first-order valence-electron chi connectivity index (χ1n) is 7.84. The van der Waals surface area contributed by atoms with E-state index in [0.29, 0.717) is 0 Å². The van der Waals surface area contributed by atoms with E-state index in [1.54, 1.807) is 6.08 Å². The lowest BCUT2D eigenvalue weighted by atomic mass is 10.0. The molecule has 120 valence electrons. The monoisotopic (exact) mass is 317 g/mol. The summed E-state index contributed by atoms with van der Waals surface area (Å²) in [5, 5.41) is 14.2. The first kappa shape index (κ1) is 16.0. The standard InChI is InChI=1S/C21H19NO2/c1-15-4-2-3-5-20(15)22-21(24)11-8-16-6-9-19-13-17(14-23)7-10-18(19)12-16/h2-13,23H,14H2,1H3,(H,22,24)/b11-8+. The number of hydrogen-bond donors (Lipinski definition) is 2. The zero-order chi connectivity index (χ0) is 16.9. The number of benzene rings is 3. The van der Waals surface area contributed by atoms with E-state index in [9.17, 15) is 9.90 Å². The highest BCUT2D eigenvalue weighted by molar-refractivity contribution is 6.02. The number of para-hydroxylation sites is 1. The minimum absolute atomic E-state index is 0.0384. The maximum Gasteiger partial charge on any atom is 0.248 e. The third kappa shape index (κ3) is 3.70. The summed E-state index contributed by atoms with van der Waals surface area (Å²) in [6, 6.07) is 19.5. The number of nitrogens with one attached hydrogen (secondary N) is 1. The number of aliphatic hydroxyl groups excluding tert-OH is 1. The van der Waals surface area contributed by atoms with Crippen LogP contribution in [0.4, 0.5) is 5.69 Å². The largest absolute Gasteiger partial charge is 0.392 e. The van der Waals surface area contributed by atoms with Crippen LogP contribution in [0, 0.1) is 6.92 Å². The number of fused-ring (bicyclic) bond motifs is 1. The van der Waals surface area contributed by atoms with Gasteiger partial charge in [0.2, 0.25) is 5.91 Å². The maximum absolute atomic E-state index is 12.1. The van der Waals surface area contributed by atoms with Crippen molar-refractivity contribution in [3.8, 4) is 0 Å². The normalized spacial score (nSPS) is 11.1. The number of amides is 1. The van der Waals surface area contributed by atoms with Gasteiger partial charge in [0.1, 0.15) is 0 Å². The van der Waals surface area contributed by atoms with Gasteiger partial charge in [-0.15, -0.1) is 0 Å². The van der Waals surface area contributed by atoms with Crippen LogP contribution in [0.5, 0.6) is 0 Å². The number of aliphatic hydroxyl groups is 1. The number of anilines is 1. The van der Waals surface area contributed by atoms with Gasteiger partial charge in [0.05, 0.1) is 6.61 Å². The minimum Gasteiger partial charge on any atom is -0.392 e. The van der Waals surface area contributed by atoms with Crippen LogP contribution in [0.15, 0.2) is 66.7 Å². The summed E-state index contributed by atoms with van der Waals surface area (Å²) in [4.78, 5) is 12.1. The second-order valence-corrected chi connectivity index (χ2v) is 5.74. The van der Waals surface area contributed by atoms with Gasteiger partial charge in [0.25, 0.3) is 0 Å². The molecule has 3 heteroatoms. The Morgan fingerprint density at radius 1 is 1.04 bits per heavy atom. The molecular formula is C21H19NO2. The molecule has 0 aliphatic rings. The highest BCUT2D eigenvalue weighted by atomic mass is 16.3. The molecule has 24 heavy (non-hydrogen) atoms. The fourth-order valence-electron chi connectivity index (χ4n) is 2.58. The number of aryl methyl sites for hydroxylation is 1. The summed E-state index contributed by atoms with van der Waals surface area (Å²) in [5.41, 5.74) is 3.70. The molecule has 0 aliphatic heterocycles. The van der Waals surface area contributed by atoms with Crippen LogP contribution < -0.4 is 5.32 Å². The third-order valence-corrected chi connectivity index (χ3v) is 3.94. The molecule has 2 N–H and O–H groups in total. The molecule has 0 saturated carbocycles. The van der Waals surface area contributed by atoms with Gasteiger partial charge in [-0.3, -0.25) is 4.79 Å². The summed E-state index contributed by atoms with van der Waals surface area (Å²) < 4.78 is 0. The summed E-state index contributed by atoms with van der Waals surface area (Å²) in [6.07, 6.45) is 3.34. The molecule has 0 atom stereocenters. The Morgan fingerprint density at radius 3 is 2.58 bits per heavy atom. The van der Waals surface area contributed by atoms with E-state index < -0.39 is 0 Å². The molecule has 0 unspecified atom stereocenters. The lowest BCUT2D eigenvalue weighted by molar-refractivity contribution is -0.111. The van der Waals surface area contributed by atoms with Gasteiger partial charge in [-0.05, 0) is 58.7 Å². The molecule has 3 aromatic rings. The van der Waals surface area contributed by atoms with Gasteiger partial charge in [0, 0.05) is 11.8 Å². The second-order valence-electron chi connectivity index (χ2n) is 5.74. The molecule has 0 saturated heterocycles. The van der Waals surface area contributed by atoms with Crippen molar-refractivity contribution in [1.82, 2.24) is 0 Å². The van der Waals surface area contributed by atoms with Crippen LogP contribution in [0.3, 0.4) is 0 Å². The molecule has 0 heterocycles. The highest BCUT2D eigenvalue weighted by Gasteiger charge is 2.01. The van der Waals surface area contributed by atoms with Crippen molar-refractivity contribution in [2.75, 3.05) is 5.32 Å². The molecular weight excluding hydrogens is 298 g/mol. The average molecular weight is 317 g/mol. The number of carbonyl (C=O) groups excluding carboxylic acids is 1. The van der Waals surface area contributed by atoms with Crippen molar-refractivity contribution < 1.29 is 9.90 Å². The molecule has 0 aliphatic carbocycles. The fraction of sp³-hybridized carbons (Fsp3) is 0.0952. The lowest BCUT2D eigenvalue weighted by Crippen LogP contribution is -2.08. The van der Waals surface area contributed by atoms with Crippen molar-refractivity contribution in [3.63, 3.8) is 0 Å². The maximum atomic E-state index is 12.1. The fourth-order valence-corrected chi connectivity index (χ4v) is 2.58. The lowest BCUT2D eigenvalue weighted by Gasteiger charge is -2.05. The van der Waals surface area contributed by atoms with Crippen molar-refractivity contribution in [2.24, 2.45) is 0 Å². The van der Waals surface area contributed by atoms with Crippen LogP contribution in [0.2, 0.25) is 0 Å². The van der Waals surface area contributed by atoms with Crippen LogP contribution in [-0.4, -0.2) is 11.0 Å². The zero-order valence-corrected chi connectivity index (χ0v) is 13.5. The van der Waals surface area contributed by atoms with E-state index in [1.165, 1.54) is 6.08 Å². The third-order valence-electron chi connectivity index (χ3n) is 3.94. The van der Waals surface area contributed by atoms with Crippen LogP contribution in [-0.2, 0) is 11.4 Å². The molecule has 0 bridgehead atoms. The first-order valence-corrected chi connectivity index (χ1v) is 7.84. The number of carbonyl (C=O) groups is 1. The zero-order valence-electron chi connectivity index (χ0n) is 13.5. The molecule has 0 radical (unpaired) electrons. The van der Waals surface area contributed by atoms with Crippen molar-refractivity contribution >= 4 is 28.4 Å². The Hall–Kier alpha value is -2.91. The van der Waals surface area contributed by atoms with E-state index in [-0.39, 0.29) is 12.5 Å². The summed E-state index contributed by atoms with van der Waals surface area (Å²) in [5.74, 6) is -0.153. The molecule has 3 aromatic carbocycles. The van der Waals surface area contributed by atoms with Crippen LogP contribution in [0.1, 0.15) is 16.7 Å². The molecule has 3 rings (SSSR count). The summed E-state index contributed by atoms with van der Waals surface area (Å²) >= 11 is 0. The van der Waals surface area contributed by atoms with Gasteiger partial charge in [-0.25, -0.2) is 0 Å². The Balaban J connectivity index is 1.75. The SMILES string of the molecule is Cc1ccccc1NC(=O)/C=C/c1ccc2cc(CO)ccc2c1. The summed E-state index contributed by atoms with van der Waals surface area (Å²) in [6.45, 7) is 2.00. The summed E-state index contributed by atoms with van der Waals surface area (Å²) in [7, 11) is 0. The van der Waals surface area contributed by atoms with E-state index in [4.69, 9.17) is 0 Å². The smallest absolute Gasteiger partial charge is 0.248 e. The average Bonchev–Trinajstić information content (AvgIpc) is 2.61. The molecule has 0 fully saturated rings. The Kier molecular flexibility index (Phi) is 4.73. The predicted octanol–water partition coefficient (Wildman–Crippen LogP) is 4.29. The first-order chi connectivity index (χ1) is 11.7.